The van der Waals surface area contributed by atoms with Crippen LogP contribution in [0.2, 0.25) is 0 Å². The Kier molecular flexibility index (Phi) is 6.19. The van der Waals surface area contributed by atoms with Crippen molar-refractivity contribution in [1.82, 2.24) is 20.1 Å². The standard InChI is InChI=1S/C21H28N4O4S/c1-3-15-17-16(11-21(12-22-19(17)26)5-9-28-10-6-21)25(24-15)7-4-8-29-20(27)18-14(2)30-13-23-18/h13H,3-12H2,1-2H3,(H,22,26). The Hall–Kier alpha value is -2.26. The Morgan fingerprint density at radius 3 is 2.90 bits per heavy atom. The van der Waals surface area contributed by atoms with Crippen molar-refractivity contribution in [2.24, 2.45) is 5.41 Å². The lowest BCUT2D eigenvalue weighted by Crippen LogP contribution is -2.40. The summed E-state index contributed by atoms with van der Waals surface area (Å²) < 4.78 is 12.9. The number of aromatic nitrogens is 3. The van der Waals surface area contributed by atoms with E-state index < -0.39 is 0 Å². The van der Waals surface area contributed by atoms with Gasteiger partial charge in [-0.05, 0) is 38.0 Å². The Labute approximate surface area is 180 Å². The van der Waals surface area contributed by atoms with Crippen LogP contribution in [0.15, 0.2) is 5.51 Å². The highest BCUT2D eigenvalue weighted by atomic mass is 32.1. The normalized spacial score (nSPS) is 18.0. The molecule has 9 heteroatoms. The van der Waals surface area contributed by atoms with Crippen LogP contribution in [0.25, 0.3) is 0 Å². The van der Waals surface area contributed by atoms with Crippen molar-refractivity contribution in [3.05, 3.63) is 33.0 Å². The molecular formula is C21H28N4O4S. The fourth-order valence-corrected chi connectivity index (χ4v) is 4.87. The van der Waals surface area contributed by atoms with Crippen LogP contribution in [0.1, 0.15) is 63.3 Å². The topological polar surface area (TPSA) is 95.3 Å². The average molecular weight is 433 g/mol. The lowest BCUT2D eigenvalue weighted by molar-refractivity contribution is 0.0152. The van der Waals surface area contributed by atoms with Gasteiger partial charge in [0.15, 0.2) is 5.69 Å². The Morgan fingerprint density at radius 2 is 2.20 bits per heavy atom. The van der Waals surface area contributed by atoms with E-state index in [0.717, 1.165) is 54.3 Å². The molecule has 2 aliphatic heterocycles. The van der Waals surface area contributed by atoms with Crippen molar-refractivity contribution in [3.63, 3.8) is 0 Å². The van der Waals surface area contributed by atoms with Gasteiger partial charge in [-0.15, -0.1) is 11.3 Å². The van der Waals surface area contributed by atoms with Crippen LogP contribution in [0.5, 0.6) is 0 Å². The van der Waals surface area contributed by atoms with Crippen LogP contribution in [0.4, 0.5) is 0 Å². The highest BCUT2D eigenvalue weighted by Gasteiger charge is 2.39. The number of fused-ring (bicyclic) bond motifs is 1. The van der Waals surface area contributed by atoms with Crippen molar-refractivity contribution < 1.29 is 19.1 Å². The minimum atomic E-state index is -0.386. The van der Waals surface area contributed by atoms with Crippen LogP contribution in [0.3, 0.4) is 0 Å². The average Bonchev–Trinajstić information content (AvgIpc) is 3.29. The zero-order valence-electron chi connectivity index (χ0n) is 17.5. The Morgan fingerprint density at radius 1 is 1.40 bits per heavy atom. The van der Waals surface area contributed by atoms with Crippen molar-refractivity contribution in [2.75, 3.05) is 26.4 Å². The summed E-state index contributed by atoms with van der Waals surface area (Å²) in [6.07, 6.45) is 4.02. The number of aryl methyl sites for hydroxylation is 3. The molecule has 0 saturated carbocycles. The highest BCUT2D eigenvalue weighted by molar-refractivity contribution is 7.09. The molecule has 1 fully saturated rings. The van der Waals surface area contributed by atoms with Gasteiger partial charge in [0.2, 0.25) is 0 Å². The van der Waals surface area contributed by atoms with Crippen LogP contribution >= 0.6 is 11.3 Å². The number of hydrogen-bond acceptors (Lipinski definition) is 7. The van der Waals surface area contributed by atoms with E-state index in [1.165, 1.54) is 11.3 Å². The molecule has 2 aromatic heterocycles. The zero-order chi connectivity index (χ0) is 21.1. The second kappa shape index (κ2) is 8.85. The van der Waals surface area contributed by atoms with Gasteiger partial charge < -0.3 is 14.8 Å². The molecule has 162 valence electrons. The van der Waals surface area contributed by atoms with E-state index in [0.29, 0.717) is 31.6 Å². The maximum absolute atomic E-state index is 12.8. The minimum absolute atomic E-state index is 0.0244. The smallest absolute Gasteiger partial charge is 0.358 e. The first-order chi connectivity index (χ1) is 14.5. The molecule has 0 aromatic carbocycles. The summed E-state index contributed by atoms with van der Waals surface area (Å²) >= 11 is 1.43. The molecule has 0 bridgehead atoms. The monoisotopic (exact) mass is 432 g/mol. The van der Waals surface area contributed by atoms with E-state index in [1.807, 2.05) is 18.5 Å². The third-order valence-corrected chi connectivity index (χ3v) is 6.86. The van der Waals surface area contributed by atoms with Crippen molar-refractivity contribution in [1.29, 1.82) is 0 Å². The summed E-state index contributed by atoms with van der Waals surface area (Å²) in [5.41, 5.74) is 4.63. The molecule has 2 aliphatic rings. The molecule has 30 heavy (non-hydrogen) atoms. The van der Waals surface area contributed by atoms with E-state index in [1.54, 1.807) is 5.51 Å². The maximum atomic E-state index is 12.8. The molecule has 1 spiro atoms. The molecule has 1 saturated heterocycles. The summed E-state index contributed by atoms with van der Waals surface area (Å²) in [4.78, 5) is 29.9. The number of nitrogens with one attached hydrogen (secondary N) is 1. The van der Waals surface area contributed by atoms with E-state index in [4.69, 9.17) is 14.6 Å². The number of ether oxygens (including phenoxy) is 2. The largest absolute Gasteiger partial charge is 0.461 e. The fourth-order valence-electron chi connectivity index (χ4n) is 4.31. The summed E-state index contributed by atoms with van der Waals surface area (Å²) in [5, 5.41) is 7.86. The van der Waals surface area contributed by atoms with Crippen molar-refractivity contribution in [2.45, 2.75) is 52.5 Å². The first kappa shape index (κ1) is 21.0. The maximum Gasteiger partial charge on any atom is 0.358 e. The predicted molar refractivity (Wildman–Crippen MR) is 112 cm³/mol. The molecule has 0 radical (unpaired) electrons. The number of carbonyl (C=O) groups excluding carboxylic acids is 2. The van der Waals surface area contributed by atoms with Gasteiger partial charge in [0, 0.05) is 37.6 Å². The van der Waals surface area contributed by atoms with Gasteiger partial charge in [-0.3, -0.25) is 9.48 Å². The second-order valence-corrected chi connectivity index (χ2v) is 9.12. The number of thiazole rings is 1. The lowest BCUT2D eigenvalue weighted by atomic mass is 9.76. The fraction of sp³-hybridized carbons (Fsp3) is 0.619. The molecule has 2 aromatic rings. The second-order valence-electron chi connectivity index (χ2n) is 8.06. The predicted octanol–water partition coefficient (Wildman–Crippen LogP) is 2.54. The van der Waals surface area contributed by atoms with Gasteiger partial charge in [-0.1, -0.05) is 6.92 Å². The number of nitrogens with zero attached hydrogens (tertiary/aromatic N) is 3. The SMILES string of the molecule is CCc1nn(CCCOC(=O)c2ncsc2C)c2c1C(=O)NCC1(CCOCC1)C2. The number of esters is 1. The number of hydrogen-bond donors (Lipinski definition) is 1. The summed E-state index contributed by atoms with van der Waals surface area (Å²) in [7, 11) is 0. The quantitative estimate of drug-likeness (QED) is 0.557. The van der Waals surface area contributed by atoms with E-state index in [-0.39, 0.29) is 23.9 Å². The molecule has 0 atom stereocenters. The Bertz CT molecular complexity index is 930. The summed E-state index contributed by atoms with van der Waals surface area (Å²) in [5.74, 6) is -0.412. The van der Waals surface area contributed by atoms with E-state index in [9.17, 15) is 9.59 Å². The third-order valence-electron chi connectivity index (χ3n) is 6.10. The minimum Gasteiger partial charge on any atom is -0.461 e. The zero-order valence-corrected chi connectivity index (χ0v) is 18.3. The van der Waals surface area contributed by atoms with Gasteiger partial charge in [0.1, 0.15) is 0 Å². The number of carbonyl (C=O) groups is 2. The van der Waals surface area contributed by atoms with Crippen LogP contribution in [-0.4, -0.2) is 53.0 Å². The molecule has 1 N–H and O–H groups in total. The van der Waals surface area contributed by atoms with E-state index >= 15 is 0 Å². The van der Waals surface area contributed by atoms with Gasteiger partial charge in [0.05, 0.1) is 29.1 Å². The van der Waals surface area contributed by atoms with Crippen LogP contribution < -0.4 is 5.32 Å². The number of amides is 1. The first-order valence-electron chi connectivity index (χ1n) is 10.5. The molecule has 0 unspecified atom stereocenters. The van der Waals surface area contributed by atoms with E-state index in [2.05, 4.69) is 10.3 Å². The molecule has 4 rings (SSSR count). The molecule has 0 aliphatic carbocycles. The van der Waals surface area contributed by atoms with Gasteiger partial charge in [0.25, 0.3) is 5.91 Å². The van der Waals surface area contributed by atoms with Crippen LogP contribution in [0, 0.1) is 12.3 Å². The molecule has 8 nitrogen and oxygen atoms in total. The van der Waals surface area contributed by atoms with Crippen LogP contribution in [-0.2, 0) is 28.9 Å². The molecule has 1 amide bonds. The van der Waals surface area contributed by atoms with Crippen molar-refractivity contribution >= 4 is 23.2 Å². The van der Waals surface area contributed by atoms with Gasteiger partial charge in [-0.2, -0.15) is 5.10 Å². The van der Waals surface area contributed by atoms with Gasteiger partial charge in [-0.25, -0.2) is 9.78 Å². The van der Waals surface area contributed by atoms with Gasteiger partial charge >= 0.3 is 5.97 Å². The molecule has 4 heterocycles. The summed E-state index contributed by atoms with van der Waals surface area (Å²) in [6, 6.07) is 0. The van der Waals surface area contributed by atoms with Crippen molar-refractivity contribution in [3.8, 4) is 0 Å². The highest BCUT2D eigenvalue weighted by Crippen LogP contribution is 2.37. The molecular weight excluding hydrogens is 404 g/mol. The lowest BCUT2D eigenvalue weighted by Gasteiger charge is -2.36. The Balaban J connectivity index is 1.47. The number of rotatable bonds is 6. The third kappa shape index (κ3) is 4.13. The first-order valence-corrected chi connectivity index (χ1v) is 11.4. The summed E-state index contributed by atoms with van der Waals surface area (Å²) in [6.45, 7) is 6.90.